The van der Waals surface area contributed by atoms with Gasteiger partial charge in [-0.25, -0.2) is 15.0 Å². The van der Waals surface area contributed by atoms with E-state index in [1.54, 1.807) is 10.9 Å². The van der Waals surface area contributed by atoms with E-state index < -0.39 is 0 Å². The molecule has 6 aromatic rings. The maximum absolute atomic E-state index is 13.7. The summed E-state index contributed by atoms with van der Waals surface area (Å²) < 4.78 is 3.60. The van der Waals surface area contributed by atoms with E-state index in [2.05, 4.69) is 0 Å². The molecule has 3 heterocycles. The molecule has 0 aliphatic carbocycles. The smallest absolute Gasteiger partial charge is 0.265 e. The zero-order chi connectivity index (χ0) is 22.5. The Hall–Kier alpha value is -4.32. The van der Waals surface area contributed by atoms with E-state index in [0.29, 0.717) is 28.7 Å². The first-order chi connectivity index (χ1) is 16.1. The lowest BCUT2D eigenvalue weighted by atomic mass is 10.1. The third-order valence-corrected chi connectivity index (χ3v) is 6.06. The largest absolute Gasteiger partial charge is 0.294 e. The normalized spacial score (nSPS) is 11.6. The minimum Gasteiger partial charge on any atom is -0.294 e. The van der Waals surface area contributed by atoms with Crippen molar-refractivity contribution in [1.82, 2.24) is 24.1 Å². The fraction of sp³-hybridized carbons (Fsp3) is 0.111. The van der Waals surface area contributed by atoms with Gasteiger partial charge in [-0.15, -0.1) is 0 Å². The standard InChI is InChI=1S/C27H21N5O/c1-17-11-13-19(14-12-17)15-31-16-28-25-23(27(31)33)24-26(30-21-9-5-4-8-20(21)29-24)32(25)22-10-6-3-7-18(22)2/h3-14,16H,15H2,1-2H3. The van der Waals surface area contributed by atoms with Crippen molar-refractivity contribution in [2.45, 2.75) is 20.4 Å². The Morgan fingerprint density at radius 1 is 0.788 bits per heavy atom. The average molecular weight is 431 g/mol. The van der Waals surface area contributed by atoms with Gasteiger partial charge in [-0.05, 0) is 43.2 Å². The minimum atomic E-state index is -0.123. The third-order valence-electron chi connectivity index (χ3n) is 6.06. The highest BCUT2D eigenvalue weighted by Crippen LogP contribution is 2.29. The quantitative estimate of drug-likeness (QED) is 0.398. The second kappa shape index (κ2) is 7.38. The molecule has 3 aromatic heterocycles. The van der Waals surface area contributed by atoms with Crippen molar-refractivity contribution in [1.29, 1.82) is 0 Å². The summed E-state index contributed by atoms with van der Waals surface area (Å²) in [7, 11) is 0. The summed E-state index contributed by atoms with van der Waals surface area (Å²) in [5.74, 6) is 0. The van der Waals surface area contributed by atoms with Crippen molar-refractivity contribution in [2.75, 3.05) is 0 Å². The van der Waals surface area contributed by atoms with Gasteiger partial charge in [0, 0.05) is 0 Å². The number of nitrogens with zero attached hydrogens (tertiary/aromatic N) is 5. The van der Waals surface area contributed by atoms with Crippen LogP contribution in [-0.2, 0) is 6.54 Å². The molecule has 0 fully saturated rings. The van der Waals surface area contributed by atoms with Gasteiger partial charge in [0.1, 0.15) is 17.2 Å². The fourth-order valence-electron chi connectivity index (χ4n) is 4.32. The van der Waals surface area contributed by atoms with Crippen LogP contribution >= 0.6 is 0 Å². The molecule has 0 bridgehead atoms. The molecule has 160 valence electrons. The Labute approximate surface area is 189 Å². The summed E-state index contributed by atoms with van der Waals surface area (Å²) in [6, 6.07) is 23.9. The van der Waals surface area contributed by atoms with Gasteiger partial charge >= 0.3 is 0 Å². The number of aryl methyl sites for hydroxylation is 2. The number of fused-ring (bicyclic) bond motifs is 4. The number of aromatic nitrogens is 5. The molecule has 6 heteroatoms. The van der Waals surface area contributed by atoms with Gasteiger partial charge in [-0.3, -0.25) is 13.9 Å². The van der Waals surface area contributed by atoms with Gasteiger partial charge in [0.05, 0.1) is 23.3 Å². The van der Waals surface area contributed by atoms with Gasteiger partial charge in [0.25, 0.3) is 5.56 Å². The predicted octanol–water partition coefficient (Wildman–Crippen LogP) is 4.95. The van der Waals surface area contributed by atoms with Crippen LogP contribution in [0.15, 0.2) is 83.9 Å². The summed E-state index contributed by atoms with van der Waals surface area (Å²) in [6.45, 7) is 4.53. The SMILES string of the molecule is Cc1ccc(Cn2cnc3c(c2=O)c2nc4ccccc4nc2n3-c2ccccc2C)cc1. The van der Waals surface area contributed by atoms with Gasteiger partial charge in [0.15, 0.2) is 11.3 Å². The molecule has 0 N–H and O–H groups in total. The van der Waals surface area contributed by atoms with E-state index in [1.807, 2.05) is 91.2 Å². The van der Waals surface area contributed by atoms with Crippen LogP contribution in [0.5, 0.6) is 0 Å². The number of hydrogen-bond acceptors (Lipinski definition) is 4. The molecule has 0 aliphatic rings. The molecule has 3 aromatic carbocycles. The van der Waals surface area contributed by atoms with Crippen molar-refractivity contribution in [3.05, 3.63) is 106 Å². The molecule has 6 nitrogen and oxygen atoms in total. The molecule has 33 heavy (non-hydrogen) atoms. The fourth-order valence-corrected chi connectivity index (χ4v) is 4.32. The van der Waals surface area contributed by atoms with Crippen LogP contribution in [0.2, 0.25) is 0 Å². The number of benzene rings is 3. The summed E-state index contributed by atoms with van der Waals surface area (Å²) >= 11 is 0. The zero-order valence-electron chi connectivity index (χ0n) is 18.4. The van der Waals surface area contributed by atoms with Crippen LogP contribution in [0.25, 0.3) is 38.9 Å². The monoisotopic (exact) mass is 431 g/mol. The van der Waals surface area contributed by atoms with Crippen molar-refractivity contribution >= 4 is 33.2 Å². The molecule has 0 aliphatic heterocycles. The highest BCUT2D eigenvalue weighted by atomic mass is 16.1. The first-order valence-corrected chi connectivity index (χ1v) is 10.9. The first-order valence-electron chi connectivity index (χ1n) is 10.9. The Bertz CT molecular complexity index is 1730. The van der Waals surface area contributed by atoms with Crippen LogP contribution in [0.3, 0.4) is 0 Å². The van der Waals surface area contributed by atoms with Crippen LogP contribution in [0, 0.1) is 13.8 Å². The topological polar surface area (TPSA) is 65.6 Å². The molecule has 0 radical (unpaired) electrons. The third kappa shape index (κ3) is 3.10. The second-order valence-electron chi connectivity index (χ2n) is 8.37. The summed E-state index contributed by atoms with van der Waals surface area (Å²) in [5.41, 5.74) is 7.42. The van der Waals surface area contributed by atoms with E-state index in [0.717, 1.165) is 27.8 Å². The van der Waals surface area contributed by atoms with E-state index in [4.69, 9.17) is 15.0 Å². The highest BCUT2D eigenvalue weighted by molar-refractivity contribution is 6.05. The molecular weight excluding hydrogens is 410 g/mol. The number of hydrogen-bond donors (Lipinski definition) is 0. The van der Waals surface area contributed by atoms with Crippen molar-refractivity contribution in [2.24, 2.45) is 0 Å². The zero-order valence-corrected chi connectivity index (χ0v) is 18.4. The Balaban J connectivity index is 1.69. The average Bonchev–Trinajstić information content (AvgIpc) is 3.14. The lowest BCUT2D eigenvalue weighted by Gasteiger charge is -2.10. The maximum Gasteiger partial charge on any atom is 0.265 e. The molecule has 0 saturated carbocycles. The first kappa shape index (κ1) is 19.4. The van der Waals surface area contributed by atoms with Crippen molar-refractivity contribution < 1.29 is 0 Å². The van der Waals surface area contributed by atoms with E-state index in [9.17, 15) is 4.79 Å². The van der Waals surface area contributed by atoms with Gasteiger partial charge in [-0.1, -0.05) is 60.2 Å². The summed E-state index contributed by atoms with van der Waals surface area (Å²) in [6.07, 6.45) is 1.62. The Morgan fingerprint density at radius 2 is 1.48 bits per heavy atom. The molecule has 0 atom stereocenters. The van der Waals surface area contributed by atoms with Gasteiger partial charge in [-0.2, -0.15) is 0 Å². The van der Waals surface area contributed by atoms with E-state index in [-0.39, 0.29) is 5.56 Å². The molecule has 0 unspecified atom stereocenters. The maximum atomic E-state index is 13.7. The number of rotatable bonds is 3. The lowest BCUT2D eigenvalue weighted by molar-refractivity contribution is 0.746. The summed E-state index contributed by atoms with van der Waals surface area (Å²) in [4.78, 5) is 28.2. The minimum absolute atomic E-state index is 0.123. The van der Waals surface area contributed by atoms with E-state index in [1.165, 1.54) is 5.56 Å². The Morgan fingerprint density at radius 3 is 2.24 bits per heavy atom. The van der Waals surface area contributed by atoms with Crippen LogP contribution in [-0.4, -0.2) is 24.1 Å². The number of para-hydroxylation sites is 3. The van der Waals surface area contributed by atoms with Gasteiger partial charge in [0.2, 0.25) is 0 Å². The molecule has 0 saturated heterocycles. The van der Waals surface area contributed by atoms with Crippen LogP contribution < -0.4 is 5.56 Å². The van der Waals surface area contributed by atoms with E-state index >= 15 is 0 Å². The molecular formula is C27H21N5O. The van der Waals surface area contributed by atoms with Crippen molar-refractivity contribution in [3.8, 4) is 5.69 Å². The van der Waals surface area contributed by atoms with Crippen LogP contribution in [0.1, 0.15) is 16.7 Å². The Kier molecular flexibility index (Phi) is 4.33. The highest BCUT2D eigenvalue weighted by Gasteiger charge is 2.21. The predicted molar refractivity (Wildman–Crippen MR) is 131 cm³/mol. The molecule has 0 spiro atoms. The molecule has 0 amide bonds. The van der Waals surface area contributed by atoms with Crippen LogP contribution in [0.4, 0.5) is 0 Å². The van der Waals surface area contributed by atoms with Crippen molar-refractivity contribution in [3.63, 3.8) is 0 Å². The lowest BCUT2D eigenvalue weighted by Crippen LogP contribution is -2.21. The molecule has 6 rings (SSSR count). The van der Waals surface area contributed by atoms with Gasteiger partial charge < -0.3 is 0 Å². The second-order valence-corrected chi connectivity index (χ2v) is 8.37. The summed E-state index contributed by atoms with van der Waals surface area (Å²) in [5, 5.41) is 0.487.